The van der Waals surface area contributed by atoms with Gasteiger partial charge in [-0.1, -0.05) is 19.9 Å². The number of aliphatic carboxylic acids is 1. The van der Waals surface area contributed by atoms with Crippen molar-refractivity contribution in [2.75, 3.05) is 6.54 Å². The highest BCUT2D eigenvalue weighted by molar-refractivity contribution is 5.94. The van der Waals surface area contributed by atoms with E-state index in [4.69, 9.17) is 0 Å². The molecule has 0 aromatic carbocycles. The fraction of sp³-hybridized carbons (Fsp3) is 0.333. The van der Waals surface area contributed by atoms with Crippen LogP contribution in [-0.4, -0.2) is 33.5 Å². The maximum absolute atomic E-state index is 12.3. The lowest BCUT2D eigenvalue weighted by molar-refractivity contribution is -0.149. The lowest BCUT2D eigenvalue weighted by Crippen LogP contribution is -2.43. The van der Waals surface area contributed by atoms with Gasteiger partial charge in [0.1, 0.15) is 5.56 Å². The summed E-state index contributed by atoms with van der Waals surface area (Å²) in [6.45, 7) is 3.49. The van der Waals surface area contributed by atoms with Gasteiger partial charge >= 0.3 is 5.97 Å². The molecule has 0 unspecified atom stereocenters. The highest BCUT2D eigenvalue weighted by Crippen LogP contribution is 2.25. The number of nitrogens with one attached hydrogen (secondary N) is 2. The third-order valence-corrected chi connectivity index (χ3v) is 4.49. The molecule has 25 heavy (non-hydrogen) atoms. The van der Waals surface area contributed by atoms with E-state index in [1.165, 1.54) is 6.07 Å². The van der Waals surface area contributed by atoms with Gasteiger partial charge in [-0.2, -0.15) is 0 Å². The van der Waals surface area contributed by atoms with Crippen molar-refractivity contribution in [3.05, 3.63) is 52.4 Å². The van der Waals surface area contributed by atoms with Crippen LogP contribution in [0.15, 0.2) is 41.3 Å². The minimum atomic E-state index is -1.03. The molecule has 0 saturated carbocycles. The first-order chi connectivity index (χ1) is 11.9. The topological polar surface area (TPSA) is 112 Å². The summed E-state index contributed by atoms with van der Waals surface area (Å²) < 4.78 is 0. The van der Waals surface area contributed by atoms with Gasteiger partial charge in [-0.15, -0.1) is 0 Å². The number of rotatable bonds is 7. The number of hydrogen-bond acceptors (Lipinski definition) is 4. The highest BCUT2D eigenvalue weighted by Gasteiger charge is 2.35. The first kappa shape index (κ1) is 18.4. The molecule has 132 valence electrons. The summed E-state index contributed by atoms with van der Waals surface area (Å²) in [6, 6.07) is 8.32. The second-order valence-corrected chi connectivity index (χ2v) is 5.81. The van der Waals surface area contributed by atoms with Crippen molar-refractivity contribution < 1.29 is 14.7 Å². The molecular formula is C18H21N3O4. The first-order valence-electron chi connectivity index (χ1n) is 8.10. The molecule has 3 N–H and O–H groups in total. The molecule has 2 rings (SSSR count). The van der Waals surface area contributed by atoms with E-state index in [2.05, 4.69) is 15.3 Å². The quantitative estimate of drug-likeness (QED) is 0.712. The van der Waals surface area contributed by atoms with Crippen molar-refractivity contribution >= 4 is 11.9 Å². The molecule has 7 heteroatoms. The van der Waals surface area contributed by atoms with Gasteiger partial charge in [-0.05, 0) is 37.1 Å². The monoisotopic (exact) mass is 343 g/mol. The Morgan fingerprint density at radius 2 is 1.92 bits per heavy atom. The molecule has 1 amide bonds. The molecule has 0 spiro atoms. The summed E-state index contributed by atoms with van der Waals surface area (Å²) in [5, 5.41) is 12.0. The molecule has 2 aromatic heterocycles. The second-order valence-electron chi connectivity index (χ2n) is 5.81. The maximum Gasteiger partial charge on any atom is 0.311 e. The number of H-pyrrole nitrogens is 1. The molecule has 0 saturated heterocycles. The van der Waals surface area contributed by atoms with E-state index in [0.29, 0.717) is 24.2 Å². The normalized spacial score (nSPS) is 11.1. The molecule has 0 bridgehead atoms. The van der Waals surface area contributed by atoms with Gasteiger partial charge in [0.05, 0.1) is 16.8 Å². The first-order valence-corrected chi connectivity index (χ1v) is 8.10. The largest absolute Gasteiger partial charge is 0.481 e. The number of carbonyl (C=O) groups excluding carboxylic acids is 1. The van der Waals surface area contributed by atoms with Crippen molar-refractivity contribution in [3.63, 3.8) is 0 Å². The molecule has 0 aliphatic rings. The average Bonchev–Trinajstić information content (AvgIpc) is 2.63. The van der Waals surface area contributed by atoms with E-state index in [1.54, 1.807) is 44.3 Å². The van der Waals surface area contributed by atoms with Gasteiger partial charge in [-0.3, -0.25) is 19.4 Å². The molecule has 0 fully saturated rings. The minimum absolute atomic E-state index is 0.0321. The Kier molecular flexibility index (Phi) is 5.69. The van der Waals surface area contributed by atoms with Crippen LogP contribution >= 0.6 is 0 Å². The Labute approximate surface area is 145 Å². The predicted octanol–water partition coefficient (Wildman–Crippen LogP) is 2.06. The van der Waals surface area contributed by atoms with Gasteiger partial charge in [0, 0.05) is 12.7 Å². The van der Waals surface area contributed by atoms with Crippen LogP contribution in [-0.2, 0) is 4.79 Å². The van der Waals surface area contributed by atoms with Gasteiger partial charge < -0.3 is 15.4 Å². The average molecular weight is 343 g/mol. The number of pyridine rings is 2. The van der Waals surface area contributed by atoms with Crippen LogP contribution in [0, 0.1) is 5.41 Å². The molecule has 0 atom stereocenters. The van der Waals surface area contributed by atoms with Gasteiger partial charge in [0.25, 0.3) is 11.5 Å². The molecule has 7 nitrogen and oxygen atoms in total. The lowest BCUT2D eigenvalue weighted by atomic mass is 9.82. The smallest absolute Gasteiger partial charge is 0.311 e. The van der Waals surface area contributed by atoms with Gasteiger partial charge in [0.2, 0.25) is 0 Å². The Hall–Kier alpha value is -2.96. The minimum Gasteiger partial charge on any atom is -0.481 e. The summed E-state index contributed by atoms with van der Waals surface area (Å²) in [5.41, 5.74) is -0.547. The Bertz CT molecular complexity index is 811. The summed E-state index contributed by atoms with van der Waals surface area (Å²) in [6.07, 6.45) is 2.37. The van der Waals surface area contributed by atoms with E-state index < -0.39 is 22.9 Å². The number of aromatic amines is 1. The predicted molar refractivity (Wildman–Crippen MR) is 93.3 cm³/mol. The summed E-state index contributed by atoms with van der Waals surface area (Å²) in [7, 11) is 0. The van der Waals surface area contributed by atoms with Gasteiger partial charge in [-0.25, -0.2) is 0 Å². The van der Waals surface area contributed by atoms with E-state index in [1.807, 2.05) is 0 Å². The van der Waals surface area contributed by atoms with Crippen molar-refractivity contribution in [3.8, 4) is 11.4 Å². The summed E-state index contributed by atoms with van der Waals surface area (Å²) in [5.74, 6) is -1.56. The van der Waals surface area contributed by atoms with E-state index >= 15 is 0 Å². The third kappa shape index (κ3) is 3.93. The fourth-order valence-electron chi connectivity index (χ4n) is 2.55. The molecule has 0 radical (unpaired) electrons. The van der Waals surface area contributed by atoms with E-state index in [9.17, 15) is 19.5 Å². The molecule has 0 aliphatic carbocycles. The zero-order valence-electron chi connectivity index (χ0n) is 14.2. The van der Waals surface area contributed by atoms with Crippen LogP contribution in [0.25, 0.3) is 11.4 Å². The van der Waals surface area contributed by atoms with Crippen molar-refractivity contribution in [1.29, 1.82) is 0 Å². The number of nitrogens with zero attached hydrogens (tertiary/aromatic N) is 1. The summed E-state index contributed by atoms with van der Waals surface area (Å²) >= 11 is 0. The number of carboxylic acids is 1. The van der Waals surface area contributed by atoms with Crippen LogP contribution in [0.2, 0.25) is 0 Å². The SMILES string of the molecule is CCC(CC)(CNC(=O)c1ccc(-c2ccccn2)[nH]c1=O)C(=O)O. The van der Waals surface area contributed by atoms with Crippen molar-refractivity contribution in [1.82, 2.24) is 15.3 Å². The Balaban J connectivity index is 2.18. The van der Waals surface area contributed by atoms with E-state index in [0.717, 1.165) is 0 Å². The van der Waals surface area contributed by atoms with Crippen LogP contribution in [0.5, 0.6) is 0 Å². The number of hydrogen-bond donors (Lipinski definition) is 3. The maximum atomic E-state index is 12.3. The fourth-order valence-corrected chi connectivity index (χ4v) is 2.55. The molecular weight excluding hydrogens is 322 g/mol. The lowest BCUT2D eigenvalue weighted by Gasteiger charge is -2.26. The second kappa shape index (κ2) is 7.74. The zero-order valence-corrected chi connectivity index (χ0v) is 14.2. The number of carbonyl (C=O) groups is 2. The molecule has 2 heterocycles. The highest BCUT2D eigenvalue weighted by atomic mass is 16.4. The van der Waals surface area contributed by atoms with Crippen molar-refractivity contribution in [2.24, 2.45) is 5.41 Å². The van der Waals surface area contributed by atoms with E-state index in [-0.39, 0.29) is 12.1 Å². The molecule has 2 aromatic rings. The Morgan fingerprint density at radius 3 is 2.44 bits per heavy atom. The Morgan fingerprint density at radius 1 is 1.20 bits per heavy atom. The van der Waals surface area contributed by atoms with Crippen LogP contribution in [0.3, 0.4) is 0 Å². The van der Waals surface area contributed by atoms with Crippen LogP contribution in [0.1, 0.15) is 37.0 Å². The standard InChI is InChI=1S/C18H21N3O4/c1-3-18(4-2,17(24)25)11-20-15(22)12-8-9-14(21-16(12)23)13-7-5-6-10-19-13/h5-10H,3-4,11H2,1-2H3,(H,20,22)(H,21,23)(H,24,25). The number of amides is 1. The number of carboxylic acid groups (broad SMARTS) is 1. The third-order valence-electron chi connectivity index (χ3n) is 4.49. The van der Waals surface area contributed by atoms with Gasteiger partial charge in [0.15, 0.2) is 0 Å². The van der Waals surface area contributed by atoms with Crippen LogP contribution in [0.4, 0.5) is 0 Å². The summed E-state index contributed by atoms with van der Waals surface area (Å²) in [4.78, 5) is 42.7. The van der Waals surface area contributed by atoms with Crippen molar-refractivity contribution in [2.45, 2.75) is 26.7 Å². The zero-order chi connectivity index (χ0) is 18.4. The molecule has 0 aliphatic heterocycles. The van der Waals surface area contributed by atoms with Crippen LogP contribution < -0.4 is 10.9 Å². The number of aromatic nitrogens is 2.